The molecule has 0 spiro atoms. The largest absolute Gasteiger partial charge is 0.481 e. The van der Waals surface area contributed by atoms with Gasteiger partial charge >= 0.3 is 5.97 Å². The number of rotatable bonds is 7. The van der Waals surface area contributed by atoms with Crippen LogP contribution in [0.25, 0.3) is 0 Å². The van der Waals surface area contributed by atoms with Gasteiger partial charge in [0.05, 0.1) is 11.8 Å². The molecule has 1 amide bonds. The first-order valence-electron chi connectivity index (χ1n) is 7.49. The number of aliphatic carboxylic acids is 1. The zero-order valence-corrected chi connectivity index (χ0v) is 13.1. The highest BCUT2D eigenvalue weighted by Gasteiger charge is 2.37. The van der Waals surface area contributed by atoms with Gasteiger partial charge in [0.15, 0.2) is 0 Å². The van der Waals surface area contributed by atoms with Crippen molar-refractivity contribution in [3.05, 3.63) is 0 Å². The van der Waals surface area contributed by atoms with Crippen molar-refractivity contribution in [1.29, 1.82) is 0 Å². The maximum atomic E-state index is 12.2. The first-order valence-corrected chi connectivity index (χ1v) is 7.49. The Morgan fingerprint density at radius 3 is 2.35 bits per heavy atom. The van der Waals surface area contributed by atoms with Gasteiger partial charge in [-0.3, -0.25) is 9.59 Å². The predicted molar refractivity (Wildman–Crippen MR) is 78.4 cm³/mol. The molecule has 3 atom stereocenters. The molecule has 5 nitrogen and oxygen atoms in total. The fourth-order valence-corrected chi connectivity index (χ4v) is 2.94. The van der Waals surface area contributed by atoms with Crippen molar-refractivity contribution in [2.75, 3.05) is 20.6 Å². The molecule has 116 valence electrons. The first kappa shape index (κ1) is 17.0. The fraction of sp³-hybridized carbons (Fsp3) is 0.867. The number of nitrogens with zero attached hydrogens (tertiary/aromatic N) is 1. The van der Waals surface area contributed by atoms with E-state index in [1.807, 2.05) is 14.1 Å². The Balaban J connectivity index is 2.50. The number of carboxylic acid groups (broad SMARTS) is 1. The third-order valence-corrected chi connectivity index (χ3v) is 4.16. The molecule has 0 aliphatic heterocycles. The molecule has 0 saturated heterocycles. The minimum atomic E-state index is -0.839. The molecule has 1 aliphatic rings. The Bertz CT molecular complexity index is 342. The van der Waals surface area contributed by atoms with Crippen molar-refractivity contribution in [2.24, 2.45) is 17.8 Å². The van der Waals surface area contributed by atoms with Gasteiger partial charge in [-0.25, -0.2) is 0 Å². The van der Waals surface area contributed by atoms with Crippen LogP contribution in [0.4, 0.5) is 0 Å². The van der Waals surface area contributed by atoms with Crippen molar-refractivity contribution in [3.63, 3.8) is 0 Å². The van der Waals surface area contributed by atoms with Crippen LogP contribution >= 0.6 is 0 Å². The SMILES string of the molecule is CC(C)CC(CNC(=O)C1CCCC1C(=O)O)N(C)C. The quantitative estimate of drug-likeness (QED) is 0.744. The lowest BCUT2D eigenvalue weighted by Crippen LogP contribution is -2.44. The van der Waals surface area contributed by atoms with Gasteiger partial charge in [0.25, 0.3) is 0 Å². The summed E-state index contributed by atoms with van der Waals surface area (Å²) >= 11 is 0. The molecule has 0 heterocycles. The topological polar surface area (TPSA) is 69.6 Å². The molecule has 20 heavy (non-hydrogen) atoms. The second-order valence-electron chi connectivity index (χ2n) is 6.47. The van der Waals surface area contributed by atoms with Crippen LogP contribution in [0.15, 0.2) is 0 Å². The molecule has 0 aromatic heterocycles. The van der Waals surface area contributed by atoms with Crippen LogP contribution < -0.4 is 5.32 Å². The van der Waals surface area contributed by atoms with Crippen LogP contribution in [-0.2, 0) is 9.59 Å². The summed E-state index contributed by atoms with van der Waals surface area (Å²) in [6.45, 7) is 4.92. The van der Waals surface area contributed by atoms with Crippen molar-refractivity contribution in [1.82, 2.24) is 10.2 Å². The van der Waals surface area contributed by atoms with E-state index in [1.165, 1.54) is 0 Å². The van der Waals surface area contributed by atoms with Gasteiger partial charge in [-0.15, -0.1) is 0 Å². The Morgan fingerprint density at radius 2 is 1.85 bits per heavy atom. The summed E-state index contributed by atoms with van der Waals surface area (Å²) in [6.07, 6.45) is 3.16. The average Bonchev–Trinajstić information content (AvgIpc) is 2.82. The van der Waals surface area contributed by atoms with E-state index in [-0.39, 0.29) is 11.8 Å². The van der Waals surface area contributed by atoms with Crippen LogP contribution in [0.2, 0.25) is 0 Å². The van der Waals surface area contributed by atoms with Crippen molar-refractivity contribution in [2.45, 2.75) is 45.6 Å². The maximum Gasteiger partial charge on any atom is 0.307 e. The molecule has 1 fully saturated rings. The third kappa shape index (κ3) is 4.78. The summed E-state index contributed by atoms with van der Waals surface area (Å²) in [6, 6.07) is 0.295. The van der Waals surface area contributed by atoms with E-state index in [0.29, 0.717) is 31.3 Å². The van der Waals surface area contributed by atoms with E-state index >= 15 is 0 Å². The number of carbonyl (C=O) groups excluding carboxylic acids is 1. The predicted octanol–water partition coefficient (Wildman–Crippen LogP) is 1.58. The van der Waals surface area contributed by atoms with Crippen molar-refractivity contribution >= 4 is 11.9 Å². The molecule has 5 heteroatoms. The number of carboxylic acids is 1. The van der Waals surface area contributed by atoms with Gasteiger partial charge in [-0.1, -0.05) is 20.3 Å². The maximum absolute atomic E-state index is 12.2. The zero-order chi connectivity index (χ0) is 15.3. The lowest BCUT2D eigenvalue weighted by atomic mass is 9.95. The van der Waals surface area contributed by atoms with Crippen LogP contribution in [0, 0.1) is 17.8 Å². The molecule has 0 bridgehead atoms. The minimum absolute atomic E-state index is 0.0921. The second-order valence-corrected chi connectivity index (χ2v) is 6.47. The summed E-state index contributed by atoms with van der Waals surface area (Å²) in [5.41, 5.74) is 0. The van der Waals surface area contributed by atoms with E-state index in [1.54, 1.807) is 0 Å². The number of likely N-dealkylation sites (N-methyl/N-ethyl adjacent to an activating group) is 1. The number of carbonyl (C=O) groups is 2. The molecular formula is C15H28N2O3. The summed E-state index contributed by atoms with van der Waals surface area (Å²) in [5, 5.41) is 12.1. The van der Waals surface area contributed by atoms with Gasteiger partial charge < -0.3 is 15.3 Å². The summed E-state index contributed by atoms with van der Waals surface area (Å²) in [7, 11) is 4.02. The van der Waals surface area contributed by atoms with E-state index < -0.39 is 11.9 Å². The highest BCUT2D eigenvalue weighted by Crippen LogP contribution is 2.32. The number of nitrogens with one attached hydrogen (secondary N) is 1. The molecule has 0 radical (unpaired) electrons. The van der Waals surface area contributed by atoms with E-state index in [2.05, 4.69) is 24.1 Å². The Labute approximate surface area is 121 Å². The molecular weight excluding hydrogens is 256 g/mol. The van der Waals surface area contributed by atoms with Crippen molar-refractivity contribution in [3.8, 4) is 0 Å². The van der Waals surface area contributed by atoms with Gasteiger partial charge in [-0.05, 0) is 39.3 Å². The van der Waals surface area contributed by atoms with E-state index in [4.69, 9.17) is 5.11 Å². The number of amides is 1. The monoisotopic (exact) mass is 284 g/mol. The van der Waals surface area contributed by atoms with Crippen LogP contribution in [-0.4, -0.2) is 48.6 Å². The van der Waals surface area contributed by atoms with Gasteiger partial charge in [-0.2, -0.15) is 0 Å². The Kier molecular flexibility index (Phi) is 6.46. The molecule has 1 rings (SSSR count). The zero-order valence-electron chi connectivity index (χ0n) is 13.1. The summed E-state index contributed by atoms with van der Waals surface area (Å²) in [4.78, 5) is 25.4. The molecule has 3 unspecified atom stereocenters. The highest BCUT2D eigenvalue weighted by molar-refractivity contribution is 5.85. The molecule has 1 aliphatic carbocycles. The standard InChI is InChI=1S/C15H28N2O3/c1-10(2)8-11(17(3)4)9-16-14(18)12-6-5-7-13(12)15(19)20/h10-13H,5-9H2,1-4H3,(H,16,18)(H,19,20). The second kappa shape index (κ2) is 7.62. The summed E-state index contributed by atoms with van der Waals surface area (Å²) < 4.78 is 0. The molecule has 1 saturated carbocycles. The molecule has 0 aromatic carbocycles. The summed E-state index contributed by atoms with van der Waals surface area (Å²) in [5.74, 6) is -1.22. The normalized spacial score (nSPS) is 24.1. The Hall–Kier alpha value is -1.10. The van der Waals surface area contributed by atoms with Gasteiger partial charge in [0, 0.05) is 12.6 Å². The Morgan fingerprint density at radius 1 is 1.25 bits per heavy atom. The third-order valence-electron chi connectivity index (χ3n) is 4.16. The first-order chi connectivity index (χ1) is 9.32. The van der Waals surface area contributed by atoms with E-state index in [9.17, 15) is 9.59 Å². The average molecular weight is 284 g/mol. The smallest absolute Gasteiger partial charge is 0.307 e. The van der Waals surface area contributed by atoms with Crippen LogP contribution in [0.5, 0.6) is 0 Å². The fourth-order valence-electron chi connectivity index (χ4n) is 2.94. The minimum Gasteiger partial charge on any atom is -0.481 e. The van der Waals surface area contributed by atoms with Gasteiger partial charge in [0.2, 0.25) is 5.91 Å². The van der Waals surface area contributed by atoms with Crippen molar-refractivity contribution < 1.29 is 14.7 Å². The van der Waals surface area contributed by atoms with Crippen LogP contribution in [0.1, 0.15) is 39.5 Å². The lowest BCUT2D eigenvalue weighted by Gasteiger charge is -2.27. The number of hydrogen-bond acceptors (Lipinski definition) is 3. The van der Waals surface area contributed by atoms with Gasteiger partial charge in [0.1, 0.15) is 0 Å². The number of hydrogen-bond donors (Lipinski definition) is 2. The van der Waals surface area contributed by atoms with Crippen LogP contribution in [0.3, 0.4) is 0 Å². The molecule has 2 N–H and O–H groups in total. The lowest BCUT2D eigenvalue weighted by molar-refractivity contribution is -0.146. The highest BCUT2D eigenvalue weighted by atomic mass is 16.4. The van der Waals surface area contributed by atoms with E-state index in [0.717, 1.165) is 12.8 Å². The molecule has 0 aromatic rings.